The van der Waals surface area contributed by atoms with Gasteiger partial charge in [-0.1, -0.05) is 49.8 Å². The van der Waals surface area contributed by atoms with Crippen molar-refractivity contribution in [3.05, 3.63) is 23.3 Å². The average molecular weight is 280 g/mol. The lowest BCUT2D eigenvalue weighted by molar-refractivity contribution is -0.142. The highest BCUT2D eigenvalue weighted by Gasteiger charge is 2.01. The molecule has 0 saturated carbocycles. The number of hydrogen-bond donors (Lipinski definition) is 0. The quantitative estimate of drug-likeness (QED) is 0.280. The van der Waals surface area contributed by atoms with E-state index in [4.69, 9.17) is 4.74 Å². The second kappa shape index (κ2) is 13.0. The van der Waals surface area contributed by atoms with Gasteiger partial charge < -0.3 is 4.74 Å². The molecule has 0 aliphatic carbocycles. The van der Waals surface area contributed by atoms with E-state index < -0.39 is 0 Å². The summed E-state index contributed by atoms with van der Waals surface area (Å²) >= 11 is 0. The Balaban J connectivity index is 3.60. The molecule has 0 aromatic rings. The van der Waals surface area contributed by atoms with E-state index in [9.17, 15) is 4.79 Å². The Labute approximate surface area is 125 Å². The van der Waals surface area contributed by atoms with Crippen molar-refractivity contribution >= 4 is 5.97 Å². The van der Waals surface area contributed by atoms with Crippen molar-refractivity contribution in [1.29, 1.82) is 0 Å². The first-order chi connectivity index (χ1) is 9.56. The van der Waals surface area contributed by atoms with Crippen molar-refractivity contribution in [2.75, 3.05) is 6.61 Å². The van der Waals surface area contributed by atoms with Gasteiger partial charge >= 0.3 is 5.97 Å². The Morgan fingerprint density at radius 2 is 1.65 bits per heavy atom. The van der Waals surface area contributed by atoms with Gasteiger partial charge in [-0.25, -0.2) is 0 Å². The third-order valence-corrected chi connectivity index (χ3v) is 3.25. The second-order valence-corrected chi connectivity index (χ2v) is 5.72. The van der Waals surface area contributed by atoms with Gasteiger partial charge in [0.25, 0.3) is 0 Å². The number of ether oxygens (including phenoxy) is 1. The van der Waals surface area contributed by atoms with Gasteiger partial charge in [-0.15, -0.1) is 0 Å². The third kappa shape index (κ3) is 13.4. The van der Waals surface area contributed by atoms with Gasteiger partial charge in [0.2, 0.25) is 0 Å². The van der Waals surface area contributed by atoms with Crippen LogP contribution in [0.15, 0.2) is 23.3 Å². The van der Waals surface area contributed by atoms with Crippen LogP contribution < -0.4 is 0 Å². The molecule has 20 heavy (non-hydrogen) atoms. The molecule has 2 nitrogen and oxygen atoms in total. The van der Waals surface area contributed by atoms with Crippen molar-refractivity contribution in [2.24, 2.45) is 0 Å². The smallest absolute Gasteiger partial charge is 0.306 e. The fourth-order valence-electron chi connectivity index (χ4n) is 1.91. The van der Waals surface area contributed by atoms with Crippen molar-refractivity contribution in [3.8, 4) is 0 Å². The molecule has 0 radical (unpaired) electrons. The van der Waals surface area contributed by atoms with E-state index in [0.29, 0.717) is 13.0 Å². The number of allylic oxidation sites excluding steroid dienone is 3. The maximum Gasteiger partial charge on any atom is 0.306 e. The molecular formula is C18H32O2. The normalized spacial score (nSPS) is 11.3. The zero-order valence-corrected chi connectivity index (χ0v) is 13.8. The minimum absolute atomic E-state index is 0.0603. The van der Waals surface area contributed by atoms with E-state index in [-0.39, 0.29) is 5.97 Å². The molecule has 0 unspecified atom stereocenters. The van der Waals surface area contributed by atoms with Crippen molar-refractivity contribution < 1.29 is 9.53 Å². The van der Waals surface area contributed by atoms with Crippen LogP contribution in [0.25, 0.3) is 0 Å². The highest BCUT2D eigenvalue weighted by atomic mass is 16.5. The molecule has 116 valence electrons. The summed E-state index contributed by atoms with van der Waals surface area (Å²) in [5.74, 6) is -0.0603. The van der Waals surface area contributed by atoms with Gasteiger partial charge in [-0.2, -0.15) is 0 Å². The molecule has 0 aromatic heterocycles. The van der Waals surface area contributed by atoms with Gasteiger partial charge in [-0.05, 0) is 46.1 Å². The maximum absolute atomic E-state index is 11.5. The fourth-order valence-corrected chi connectivity index (χ4v) is 1.91. The monoisotopic (exact) mass is 280 g/mol. The van der Waals surface area contributed by atoms with Gasteiger partial charge in [0.05, 0.1) is 0 Å². The number of unbranched alkanes of at least 4 members (excludes halogenated alkanes) is 4. The molecule has 0 saturated heterocycles. The van der Waals surface area contributed by atoms with Crippen LogP contribution in [0.5, 0.6) is 0 Å². The van der Waals surface area contributed by atoms with Crippen molar-refractivity contribution in [2.45, 2.75) is 79.1 Å². The molecule has 0 aromatic carbocycles. The summed E-state index contributed by atoms with van der Waals surface area (Å²) in [5.41, 5.74) is 2.64. The maximum atomic E-state index is 11.5. The molecule has 0 fully saturated rings. The Kier molecular flexibility index (Phi) is 12.3. The van der Waals surface area contributed by atoms with Crippen LogP contribution in [0.1, 0.15) is 79.1 Å². The predicted octanol–water partition coefficient (Wildman–Crippen LogP) is 5.58. The van der Waals surface area contributed by atoms with Crippen molar-refractivity contribution in [3.63, 3.8) is 0 Å². The van der Waals surface area contributed by atoms with Gasteiger partial charge in [0.15, 0.2) is 0 Å². The van der Waals surface area contributed by atoms with Crippen LogP contribution in [0.2, 0.25) is 0 Å². The molecule has 0 aliphatic heterocycles. The average Bonchev–Trinajstić information content (AvgIpc) is 2.38. The number of carbonyl (C=O) groups is 1. The second-order valence-electron chi connectivity index (χ2n) is 5.72. The Morgan fingerprint density at radius 1 is 0.950 bits per heavy atom. The largest absolute Gasteiger partial charge is 0.461 e. The molecular weight excluding hydrogens is 248 g/mol. The summed E-state index contributed by atoms with van der Waals surface area (Å²) in [4.78, 5) is 11.5. The molecule has 0 heterocycles. The highest BCUT2D eigenvalue weighted by Crippen LogP contribution is 2.08. The predicted molar refractivity (Wildman–Crippen MR) is 86.8 cm³/mol. The van der Waals surface area contributed by atoms with E-state index in [1.807, 2.05) is 6.08 Å². The number of carbonyl (C=O) groups excluding carboxylic acids is 1. The molecule has 0 rings (SSSR count). The summed E-state index contributed by atoms with van der Waals surface area (Å²) in [6.45, 7) is 8.94. The fraction of sp³-hybridized carbons (Fsp3) is 0.722. The van der Waals surface area contributed by atoms with Gasteiger partial charge in [0.1, 0.15) is 6.61 Å². The van der Waals surface area contributed by atoms with Gasteiger partial charge in [0, 0.05) is 6.42 Å². The summed E-state index contributed by atoms with van der Waals surface area (Å²) < 4.78 is 5.22. The first-order valence-corrected chi connectivity index (χ1v) is 8.00. The van der Waals surface area contributed by atoms with Crippen LogP contribution in [-0.4, -0.2) is 12.6 Å². The number of esters is 1. The summed E-state index contributed by atoms with van der Waals surface area (Å²) in [5, 5.41) is 0. The molecule has 2 heteroatoms. The standard InChI is InChI=1S/C18H32O2/c1-5-6-7-8-9-13-18(19)20-15-14-17(4)12-10-11-16(2)3/h11,14H,5-10,12-13,15H2,1-4H3. The molecule has 0 spiro atoms. The van der Waals surface area contributed by atoms with E-state index in [1.54, 1.807) is 0 Å². The van der Waals surface area contributed by atoms with E-state index in [2.05, 4.69) is 33.8 Å². The van der Waals surface area contributed by atoms with Crippen LogP contribution in [0.3, 0.4) is 0 Å². The molecule has 0 atom stereocenters. The zero-order valence-electron chi connectivity index (χ0n) is 13.8. The first kappa shape index (κ1) is 18.9. The van der Waals surface area contributed by atoms with Crippen LogP contribution >= 0.6 is 0 Å². The van der Waals surface area contributed by atoms with Crippen LogP contribution in [0.4, 0.5) is 0 Å². The van der Waals surface area contributed by atoms with E-state index in [1.165, 1.54) is 30.4 Å². The van der Waals surface area contributed by atoms with Crippen LogP contribution in [0, 0.1) is 0 Å². The van der Waals surface area contributed by atoms with Crippen LogP contribution in [-0.2, 0) is 9.53 Å². The first-order valence-electron chi connectivity index (χ1n) is 8.00. The van der Waals surface area contributed by atoms with Crippen molar-refractivity contribution in [1.82, 2.24) is 0 Å². The lowest BCUT2D eigenvalue weighted by atomic mass is 10.1. The molecule has 0 aliphatic rings. The highest BCUT2D eigenvalue weighted by molar-refractivity contribution is 5.69. The minimum Gasteiger partial charge on any atom is -0.461 e. The topological polar surface area (TPSA) is 26.3 Å². The molecule has 0 amide bonds. The Hall–Kier alpha value is -1.05. The SMILES string of the molecule is CCCCCCCC(=O)OCC=C(C)CCC=C(C)C. The zero-order chi connectivity index (χ0) is 15.2. The Bertz CT molecular complexity index is 309. The lowest BCUT2D eigenvalue weighted by Gasteiger charge is -2.03. The summed E-state index contributed by atoms with van der Waals surface area (Å²) in [6.07, 6.45) is 12.8. The minimum atomic E-state index is -0.0603. The van der Waals surface area contributed by atoms with Gasteiger partial charge in [-0.3, -0.25) is 4.79 Å². The third-order valence-electron chi connectivity index (χ3n) is 3.25. The molecule has 0 N–H and O–H groups in total. The summed E-state index contributed by atoms with van der Waals surface area (Å²) in [6, 6.07) is 0. The van der Waals surface area contributed by atoms with E-state index >= 15 is 0 Å². The molecule has 0 bridgehead atoms. The Morgan fingerprint density at radius 3 is 2.30 bits per heavy atom. The number of rotatable bonds is 11. The lowest BCUT2D eigenvalue weighted by Crippen LogP contribution is -2.04. The summed E-state index contributed by atoms with van der Waals surface area (Å²) in [7, 11) is 0. The van der Waals surface area contributed by atoms with E-state index in [0.717, 1.165) is 25.7 Å². The number of hydrogen-bond acceptors (Lipinski definition) is 2.